The molecule has 198 valence electrons. The molecule has 0 aromatic carbocycles. The molecule has 0 spiro atoms. The summed E-state index contributed by atoms with van der Waals surface area (Å²) in [4.78, 5) is 60.8. The maximum Gasteiger partial charge on any atom is 0.328 e. The number of esters is 2. The fourth-order valence-corrected chi connectivity index (χ4v) is 3.97. The molecule has 1 aliphatic rings. The van der Waals surface area contributed by atoms with Gasteiger partial charge in [-0.25, -0.2) is 9.59 Å². The lowest BCUT2D eigenvalue weighted by atomic mass is 9.82. The fraction of sp³-hybridized carbons (Fsp3) is 0.500. The van der Waals surface area contributed by atoms with Crippen molar-refractivity contribution in [1.82, 2.24) is 14.9 Å². The first-order chi connectivity index (χ1) is 17.7. The van der Waals surface area contributed by atoms with Crippen LogP contribution in [0.2, 0.25) is 0 Å². The Balaban J connectivity index is 1.56. The number of Topliss-reactive ketones (excluding diaryl/α,β-unsaturated/α-hetero) is 1. The first kappa shape index (κ1) is 28.0. The lowest BCUT2D eigenvalue weighted by Crippen LogP contribution is -2.67. The highest BCUT2D eigenvalue weighted by molar-refractivity contribution is 6.38. The van der Waals surface area contributed by atoms with Crippen molar-refractivity contribution in [3.8, 4) is 0 Å². The summed E-state index contributed by atoms with van der Waals surface area (Å²) in [6, 6.07) is 5.58. The SMILES string of the molecule is CCC(C)(C)C(=O)C(=O)N1C(C(=O)OCCCc2cccnc2)CC1C(=O)OCCCc1cccnc1. The van der Waals surface area contributed by atoms with E-state index in [1.165, 1.54) is 0 Å². The van der Waals surface area contributed by atoms with Crippen LogP contribution in [0.25, 0.3) is 0 Å². The minimum atomic E-state index is -0.990. The van der Waals surface area contributed by atoms with E-state index in [4.69, 9.17) is 9.47 Å². The van der Waals surface area contributed by atoms with E-state index < -0.39 is 41.1 Å². The second-order valence-corrected chi connectivity index (χ2v) is 9.81. The van der Waals surface area contributed by atoms with E-state index in [1.54, 1.807) is 38.6 Å². The maximum absolute atomic E-state index is 13.1. The largest absolute Gasteiger partial charge is 0.464 e. The molecule has 2 aromatic heterocycles. The van der Waals surface area contributed by atoms with E-state index in [2.05, 4.69) is 9.97 Å². The van der Waals surface area contributed by atoms with Gasteiger partial charge in [0.05, 0.1) is 13.2 Å². The molecule has 9 nitrogen and oxygen atoms in total. The molecule has 37 heavy (non-hydrogen) atoms. The normalized spacial score (nSPS) is 17.0. The van der Waals surface area contributed by atoms with Crippen LogP contribution in [-0.4, -0.2) is 63.8 Å². The monoisotopic (exact) mass is 509 g/mol. The van der Waals surface area contributed by atoms with Gasteiger partial charge < -0.3 is 14.4 Å². The standard InChI is InChI=1S/C28H35N3O6/c1-4-28(2,3)24(32)25(33)31-22(26(34)36-15-7-11-20-9-5-13-29-18-20)17-23(31)27(35)37-16-8-12-21-10-6-14-30-19-21/h5-6,9-10,13-14,18-19,22-23H,4,7-8,11-12,15-17H2,1-3H3. The van der Waals surface area contributed by atoms with E-state index in [9.17, 15) is 19.2 Å². The molecular formula is C28H35N3O6. The third-order valence-electron chi connectivity index (χ3n) is 6.74. The van der Waals surface area contributed by atoms with Gasteiger partial charge in [-0.3, -0.25) is 19.6 Å². The Morgan fingerprint density at radius 2 is 1.38 bits per heavy atom. The Hall–Kier alpha value is -3.62. The molecule has 1 fully saturated rings. The number of amides is 1. The van der Waals surface area contributed by atoms with Crippen LogP contribution in [-0.2, 0) is 41.5 Å². The molecule has 0 aliphatic carbocycles. The lowest BCUT2D eigenvalue weighted by molar-refractivity contribution is -0.179. The molecule has 2 unspecified atom stereocenters. The highest BCUT2D eigenvalue weighted by Gasteiger charge is 2.53. The molecule has 3 rings (SSSR count). The number of aryl methyl sites for hydroxylation is 2. The van der Waals surface area contributed by atoms with Crippen LogP contribution in [0, 0.1) is 5.41 Å². The number of carbonyl (C=O) groups excluding carboxylic acids is 4. The highest BCUT2D eigenvalue weighted by atomic mass is 16.5. The van der Waals surface area contributed by atoms with Gasteiger partial charge in [0, 0.05) is 36.6 Å². The highest BCUT2D eigenvalue weighted by Crippen LogP contribution is 2.32. The van der Waals surface area contributed by atoms with Crippen molar-refractivity contribution in [2.24, 2.45) is 5.41 Å². The number of ether oxygens (including phenoxy) is 2. The summed E-state index contributed by atoms with van der Waals surface area (Å²) >= 11 is 0. The number of pyridine rings is 2. The van der Waals surface area contributed by atoms with Crippen molar-refractivity contribution in [2.45, 2.75) is 71.4 Å². The Bertz CT molecular complexity index is 1010. The van der Waals surface area contributed by atoms with Crippen LogP contribution in [0.15, 0.2) is 49.1 Å². The number of nitrogens with zero attached hydrogens (tertiary/aromatic N) is 3. The van der Waals surface area contributed by atoms with Gasteiger partial charge >= 0.3 is 11.9 Å². The zero-order valence-electron chi connectivity index (χ0n) is 21.7. The van der Waals surface area contributed by atoms with Crippen molar-refractivity contribution < 1.29 is 28.7 Å². The number of rotatable bonds is 13. The number of likely N-dealkylation sites (tertiary alicyclic amines) is 1. The van der Waals surface area contributed by atoms with E-state index in [1.807, 2.05) is 31.2 Å². The lowest BCUT2D eigenvalue weighted by Gasteiger charge is -2.45. The molecule has 1 aliphatic heterocycles. The quantitative estimate of drug-likeness (QED) is 0.230. The molecule has 0 radical (unpaired) electrons. The number of hydrogen-bond acceptors (Lipinski definition) is 8. The zero-order chi connectivity index (χ0) is 26.8. The minimum absolute atomic E-state index is 0.0639. The minimum Gasteiger partial charge on any atom is -0.464 e. The molecule has 2 atom stereocenters. The number of ketones is 1. The first-order valence-electron chi connectivity index (χ1n) is 12.7. The molecule has 3 heterocycles. The third kappa shape index (κ3) is 7.44. The van der Waals surface area contributed by atoms with Gasteiger partial charge in [-0.15, -0.1) is 0 Å². The zero-order valence-corrected chi connectivity index (χ0v) is 21.7. The van der Waals surface area contributed by atoms with Gasteiger partial charge in [0.2, 0.25) is 5.78 Å². The number of aromatic nitrogens is 2. The van der Waals surface area contributed by atoms with E-state index >= 15 is 0 Å². The summed E-state index contributed by atoms with van der Waals surface area (Å²) < 4.78 is 10.8. The summed E-state index contributed by atoms with van der Waals surface area (Å²) in [5.74, 6) is -2.74. The summed E-state index contributed by atoms with van der Waals surface area (Å²) in [7, 11) is 0. The summed E-state index contributed by atoms with van der Waals surface area (Å²) in [6.45, 7) is 5.46. The van der Waals surface area contributed by atoms with Crippen molar-refractivity contribution >= 4 is 23.6 Å². The van der Waals surface area contributed by atoms with Gasteiger partial charge in [-0.1, -0.05) is 32.9 Å². The van der Waals surface area contributed by atoms with Crippen molar-refractivity contribution in [3.05, 3.63) is 60.2 Å². The second-order valence-electron chi connectivity index (χ2n) is 9.81. The summed E-state index contributed by atoms with van der Waals surface area (Å²) in [5, 5.41) is 0. The fourth-order valence-electron chi connectivity index (χ4n) is 3.97. The van der Waals surface area contributed by atoms with Crippen molar-refractivity contribution in [2.75, 3.05) is 13.2 Å². The average Bonchev–Trinajstić information content (AvgIpc) is 2.89. The Morgan fingerprint density at radius 3 is 1.78 bits per heavy atom. The van der Waals surface area contributed by atoms with Gasteiger partial charge in [0.1, 0.15) is 12.1 Å². The molecule has 1 saturated heterocycles. The number of hydrogen-bond donors (Lipinski definition) is 0. The molecule has 1 amide bonds. The smallest absolute Gasteiger partial charge is 0.328 e. The van der Waals surface area contributed by atoms with E-state index in [-0.39, 0.29) is 19.6 Å². The van der Waals surface area contributed by atoms with E-state index in [0.29, 0.717) is 32.1 Å². The molecule has 2 aromatic rings. The average molecular weight is 510 g/mol. The topological polar surface area (TPSA) is 116 Å². The predicted molar refractivity (Wildman–Crippen MR) is 135 cm³/mol. The van der Waals surface area contributed by atoms with Crippen LogP contribution >= 0.6 is 0 Å². The van der Waals surface area contributed by atoms with Gasteiger partial charge in [0.25, 0.3) is 5.91 Å². The van der Waals surface area contributed by atoms with Crippen LogP contribution in [0.1, 0.15) is 57.6 Å². The molecule has 0 saturated carbocycles. The van der Waals surface area contributed by atoms with Crippen LogP contribution in [0.4, 0.5) is 0 Å². The Kier molecular flexibility index (Phi) is 9.88. The Labute approximate surface area is 217 Å². The molecular weight excluding hydrogens is 474 g/mol. The van der Waals surface area contributed by atoms with Crippen LogP contribution in [0.3, 0.4) is 0 Å². The second kappa shape index (κ2) is 13.1. The number of carbonyl (C=O) groups is 4. The third-order valence-corrected chi connectivity index (χ3v) is 6.74. The molecule has 0 N–H and O–H groups in total. The Morgan fingerprint density at radius 1 is 0.892 bits per heavy atom. The first-order valence-corrected chi connectivity index (χ1v) is 12.7. The summed E-state index contributed by atoms with van der Waals surface area (Å²) in [5.41, 5.74) is 1.14. The van der Waals surface area contributed by atoms with Gasteiger partial charge in [-0.2, -0.15) is 0 Å². The van der Waals surface area contributed by atoms with Crippen LogP contribution < -0.4 is 0 Å². The van der Waals surface area contributed by atoms with E-state index in [0.717, 1.165) is 16.0 Å². The molecule has 9 heteroatoms. The molecule has 0 bridgehead atoms. The van der Waals surface area contributed by atoms with Crippen LogP contribution in [0.5, 0.6) is 0 Å². The van der Waals surface area contributed by atoms with Gasteiger partial charge in [-0.05, 0) is 55.4 Å². The van der Waals surface area contributed by atoms with Crippen molar-refractivity contribution in [3.63, 3.8) is 0 Å². The van der Waals surface area contributed by atoms with Crippen molar-refractivity contribution in [1.29, 1.82) is 0 Å². The predicted octanol–water partition coefficient (Wildman–Crippen LogP) is 3.10. The van der Waals surface area contributed by atoms with Gasteiger partial charge in [0.15, 0.2) is 0 Å². The maximum atomic E-state index is 13.1. The summed E-state index contributed by atoms with van der Waals surface area (Å²) in [6.07, 6.45) is 9.93.